The number of nitrogens with one attached hydrogen (secondary N) is 1. The molecule has 144 valence electrons. The Balaban J connectivity index is 1.62. The van der Waals surface area contributed by atoms with Gasteiger partial charge in [-0.3, -0.25) is 4.79 Å². The molecule has 2 aromatic rings. The number of amides is 1. The first-order valence-electron chi connectivity index (χ1n) is 8.48. The lowest BCUT2D eigenvalue weighted by molar-refractivity contribution is -0.121. The Labute approximate surface area is 158 Å². The second-order valence-corrected chi connectivity index (χ2v) is 8.40. The molecule has 2 aromatic carbocycles. The predicted octanol–water partition coefficient (Wildman–Crippen LogP) is 1.80. The Morgan fingerprint density at radius 1 is 1.15 bits per heavy atom. The molecule has 8 heteroatoms. The Morgan fingerprint density at radius 2 is 1.89 bits per heavy atom. The molecule has 1 aliphatic heterocycles. The second kappa shape index (κ2) is 7.98. The molecular formula is C19H22N2O5S. The van der Waals surface area contributed by atoms with Crippen molar-refractivity contribution < 1.29 is 22.7 Å². The average Bonchev–Trinajstić information content (AvgIpc) is 3.08. The molecule has 0 aliphatic carbocycles. The Bertz CT molecular complexity index is 943. The molecule has 3 rings (SSSR count). The van der Waals surface area contributed by atoms with Gasteiger partial charge in [0.2, 0.25) is 22.7 Å². The first kappa shape index (κ1) is 19.2. The fourth-order valence-corrected chi connectivity index (χ4v) is 3.46. The van der Waals surface area contributed by atoms with Gasteiger partial charge in [0.1, 0.15) is 0 Å². The summed E-state index contributed by atoms with van der Waals surface area (Å²) in [5, 5.41) is 2.75. The molecule has 0 atom stereocenters. The highest BCUT2D eigenvalue weighted by atomic mass is 32.2. The lowest BCUT2D eigenvalue weighted by atomic mass is 10.1. The fourth-order valence-electron chi connectivity index (χ4n) is 2.74. The summed E-state index contributed by atoms with van der Waals surface area (Å²) in [4.78, 5) is 12.3. The molecule has 1 aliphatic rings. The van der Waals surface area contributed by atoms with E-state index < -0.39 is 10.0 Å². The molecule has 1 amide bonds. The minimum atomic E-state index is -3.53. The van der Waals surface area contributed by atoms with E-state index in [0.717, 1.165) is 22.9 Å². The third-order valence-corrected chi connectivity index (χ3v) is 5.52. The van der Waals surface area contributed by atoms with Crippen LogP contribution in [0.4, 0.5) is 0 Å². The maximum absolute atomic E-state index is 12.3. The van der Waals surface area contributed by atoms with Gasteiger partial charge in [0, 0.05) is 13.1 Å². The van der Waals surface area contributed by atoms with Crippen molar-refractivity contribution in [1.29, 1.82) is 0 Å². The molecule has 0 bridgehead atoms. The number of sulfonamides is 1. The number of aryl methyl sites for hydroxylation is 1. The van der Waals surface area contributed by atoms with Gasteiger partial charge in [-0.2, -0.15) is 4.31 Å². The molecular weight excluding hydrogens is 368 g/mol. The number of carbonyl (C=O) groups excluding carboxylic acids is 1. The highest BCUT2D eigenvalue weighted by molar-refractivity contribution is 7.88. The lowest BCUT2D eigenvalue weighted by Crippen LogP contribution is -2.39. The largest absolute Gasteiger partial charge is 0.454 e. The van der Waals surface area contributed by atoms with Crippen LogP contribution in [-0.2, 0) is 27.9 Å². The predicted molar refractivity (Wildman–Crippen MR) is 101 cm³/mol. The van der Waals surface area contributed by atoms with Crippen molar-refractivity contribution in [3.63, 3.8) is 0 Å². The quantitative estimate of drug-likeness (QED) is 0.779. The molecule has 1 N–H and O–H groups in total. The molecule has 0 saturated heterocycles. The van der Waals surface area contributed by atoms with E-state index >= 15 is 0 Å². The second-order valence-electron chi connectivity index (χ2n) is 6.42. The fraction of sp³-hybridized carbons (Fsp3) is 0.316. The van der Waals surface area contributed by atoms with Gasteiger partial charge < -0.3 is 14.8 Å². The SMILES string of the molecule is Cc1ccccc1CN(CC(=O)NCc1ccc2c(c1)OCO2)S(C)(=O)=O. The summed E-state index contributed by atoms with van der Waals surface area (Å²) in [5.74, 6) is 0.942. The van der Waals surface area contributed by atoms with Gasteiger partial charge in [0.25, 0.3) is 0 Å². The van der Waals surface area contributed by atoms with Gasteiger partial charge in [-0.1, -0.05) is 30.3 Å². The zero-order chi connectivity index (χ0) is 19.4. The van der Waals surface area contributed by atoms with Crippen molar-refractivity contribution in [3.8, 4) is 11.5 Å². The third-order valence-electron chi connectivity index (χ3n) is 4.32. The summed E-state index contributed by atoms with van der Waals surface area (Å²) < 4.78 is 35.9. The Kier molecular flexibility index (Phi) is 5.67. The first-order valence-corrected chi connectivity index (χ1v) is 10.3. The maximum atomic E-state index is 12.3. The zero-order valence-corrected chi connectivity index (χ0v) is 16.1. The molecule has 0 unspecified atom stereocenters. The van der Waals surface area contributed by atoms with E-state index in [2.05, 4.69) is 5.32 Å². The maximum Gasteiger partial charge on any atom is 0.235 e. The van der Waals surface area contributed by atoms with E-state index in [1.54, 1.807) is 12.1 Å². The number of carbonyl (C=O) groups is 1. The molecule has 7 nitrogen and oxygen atoms in total. The Morgan fingerprint density at radius 3 is 2.63 bits per heavy atom. The van der Waals surface area contributed by atoms with Crippen LogP contribution < -0.4 is 14.8 Å². The summed E-state index contributed by atoms with van der Waals surface area (Å²) in [6.07, 6.45) is 1.11. The van der Waals surface area contributed by atoms with E-state index in [9.17, 15) is 13.2 Å². The van der Waals surface area contributed by atoms with Gasteiger partial charge in [0.15, 0.2) is 11.5 Å². The number of benzene rings is 2. The third kappa shape index (κ3) is 4.99. The normalized spacial score (nSPS) is 13.0. The van der Waals surface area contributed by atoms with E-state index in [-0.39, 0.29) is 32.3 Å². The van der Waals surface area contributed by atoms with E-state index in [1.165, 1.54) is 4.31 Å². The number of rotatable bonds is 7. The van der Waals surface area contributed by atoms with E-state index in [4.69, 9.17) is 9.47 Å². The molecule has 0 fully saturated rings. The van der Waals surface area contributed by atoms with Crippen LogP contribution in [0, 0.1) is 6.92 Å². The summed E-state index contributed by atoms with van der Waals surface area (Å²) in [6, 6.07) is 12.9. The summed E-state index contributed by atoms with van der Waals surface area (Å²) >= 11 is 0. The van der Waals surface area contributed by atoms with Gasteiger partial charge in [0.05, 0.1) is 12.8 Å². The van der Waals surface area contributed by atoms with Crippen LogP contribution in [0.5, 0.6) is 11.5 Å². The molecule has 0 saturated carbocycles. The Hall–Kier alpha value is -2.58. The van der Waals surface area contributed by atoms with Crippen LogP contribution in [0.3, 0.4) is 0 Å². The topological polar surface area (TPSA) is 84.9 Å². The minimum absolute atomic E-state index is 0.156. The molecule has 0 radical (unpaired) electrons. The van der Waals surface area contributed by atoms with Crippen LogP contribution in [-0.4, -0.2) is 38.2 Å². The summed E-state index contributed by atoms with van der Waals surface area (Å²) in [6.45, 7) is 2.29. The minimum Gasteiger partial charge on any atom is -0.454 e. The van der Waals surface area contributed by atoms with E-state index in [1.807, 2.05) is 37.3 Å². The molecule has 1 heterocycles. The lowest BCUT2D eigenvalue weighted by Gasteiger charge is -2.20. The number of ether oxygens (including phenoxy) is 2. The first-order chi connectivity index (χ1) is 12.8. The van der Waals surface area contributed by atoms with Crippen LogP contribution in [0.15, 0.2) is 42.5 Å². The van der Waals surface area contributed by atoms with Gasteiger partial charge in [-0.05, 0) is 35.7 Å². The van der Waals surface area contributed by atoms with Crippen molar-refractivity contribution in [2.24, 2.45) is 0 Å². The number of fused-ring (bicyclic) bond motifs is 1. The summed E-state index contributed by atoms with van der Waals surface area (Å²) in [5.41, 5.74) is 2.69. The zero-order valence-electron chi connectivity index (χ0n) is 15.3. The van der Waals surface area contributed by atoms with Crippen molar-refractivity contribution in [3.05, 3.63) is 59.2 Å². The number of hydrogen-bond donors (Lipinski definition) is 1. The highest BCUT2D eigenvalue weighted by Crippen LogP contribution is 2.32. The van der Waals surface area contributed by atoms with Crippen molar-refractivity contribution in [1.82, 2.24) is 9.62 Å². The van der Waals surface area contributed by atoms with Crippen molar-refractivity contribution >= 4 is 15.9 Å². The van der Waals surface area contributed by atoms with Crippen molar-refractivity contribution in [2.75, 3.05) is 19.6 Å². The standard InChI is InChI=1S/C19H22N2O5S/c1-14-5-3-4-6-16(14)11-21(27(2,23)24)12-19(22)20-10-15-7-8-17-18(9-15)26-13-25-17/h3-9H,10-13H2,1-2H3,(H,20,22). The van der Waals surface area contributed by atoms with E-state index in [0.29, 0.717) is 11.5 Å². The van der Waals surface area contributed by atoms with Crippen LogP contribution in [0.1, 0.15) is 16.7 Å². The monoisotopic (exact) mass is 390 g/mol. The van der Waals surface area contributed by atoms with Crippen LogP contribution in [0.2, 0.25) is 0 Å². The van der Waals surface area contributed by atoms with Gasteiger partial charge in [-0.15, -0.1) is 0 Å². The average molecular weight is 390 g/mol. The van der Waals surface area contributed by atoms with Crippen LogP contribution >= 0.6 is 0 Å². The molecule has 0 aromatic heterocycles. The van der Waals surface area contributed by atoms with Gasteiger partial charge in [-0.25, -0.2) is 8.42 Å². The smallest absolute Gasteiger partial charge is 0.235 e. The summed E-state index contributed by atoms with van der Waals surface area (Å²) in [7, 11) is -3.53. The highest BCUT2D eigenvalue weighted by Gasteiger charge is 2.21. The number of hydrogen-bond acceptors (Lipinski definition) is 5. The number of nitrogens with zero attached hydrogens (tertiary/aromatic N) is 1. The van der Waals surface area contributed by atoms with Crippen LogP contribution in [0.25, 0.3) is 0 Å². The van der Waals surface area contributed by atoms with Crippen molar-refractivity contribution in [2.45, 2.75) is 20.0 Å². The molecule has 0 spiro atoms. The van der Waals surface area contributed by atoms with Gasteiger partial charge >= 0.3 is 0 Å². The molecule has 27 heavy (non-hydrogen) atoms.